The van der Waals surface area contributed by atoms with Gasteiger partial charge in [0.1, 0.15) is 0 Å². The molecule has 2 aliphatic heterocycles. The van der Waals surface area contributed by atoms with Crippen LogP contribution >= 0.6 is 0 Å². The van der Waals surface area contributed by atoms with Gasteiger partial charge in [0.05, 0.1) is 0 Å². The summed E-state index contributed by atoms with van der Waals surface area (Å²) >= 11 is 0. The normalized spacial score (nSPS) is 25.0. The van der Waals surface area contributed by atoms with Crippen molar-refractivity contribution in [3.05, 3.63) is 29.5 Å². The molecule has 2 aromatic rings. The summed E-state index contributed by atoms with van der Waals surface area (Å²) in [5, 5.41) is 1.50. The second-order valence-corrected chi connectivity index (χ2v) is 10.7. The lowest BCUT2D eigenvalue weighted by atomic mass is 9.42. The quantitative estimate of drug-likeness (QED) is 0.732. The maximum Gasteiger partial charge on any atom is 0.179 e. The lowest BCUT2D eigenvalue weighted by Gasteiger charge is -2.35. The molecule has 3 heterocycles. The summed E-state index contributed by atoms with van der Waals surface area (Å²) in [6.45, 7) is 15.2. The molecule has 3 heteroatoms. The molecule has 1 aromatic heterocycles. The molecule has 146 valence electrons. The van der Waals surface area contributed by atoms with Crippen LogP contribution in [0.2, 0.25) is 12.6 Å². The minimum atomic E-state index is 0.400. The molecule has 2 aliphatic rings. The fraction of sp³-hybridized carbons (Fsp3) is 0.667. The summed E-state index contributed by atoms with van der Waals surface area (Å²) in [6, 6.07) is 7.09. The van der Waals surface area contributed by atoms with Crippen molar-refractivity contribution >= 4 is 23.1 Å². The van der Waals surface area contributed by atoms with Gasteiger partial charge in [-0.05, 0) is 36.3 Å². The summed E-state index contributed by atoms with van der Waals surface area (Å²) in [6.07, 6.45) is 6.30. The SMILES string of the molecule is CCCC1CN(C)CCc2c1[nH]c1c(B3CC(C)(C)C(C)(C)C3)cccc21. The summed E-state index contributed by atoms with van der Waals surface area (Å²) in [5.74, 6) is 0.647. The first-order chi connectivity index (χ1) is 12.7. The lowest BCUT2D eigenvalue weighted by Crippen LogP contribution is -2.29. The lowest BCUT2D eigenvalue weighted by molar-refractivity contribution is 0.177. The van der Waals surface area contributed by atoms with Crippen LogP contribution in [0.4, 0.5) is 0 Å². The Morgan fingerprint density at radius 1 is 1.15 bits per heavy atom. The van der Waals surface area contributed by atoms with Crippen molar-refractivity contribution in [3.63, 3.8) is 0 Å². The van der Waals surface area contributed by atoms with Gasteiger partial charge in [-0.1, -0.05) is 77.3 Å². The van der Waals surface area contributed by atoms with Crippen molar-refractivity contribution in [2.45, 2.75) is 72.4 Å². The highest BCUT2D eigenvalue weighted by Gasteiger charge is 2.48. The molecular weight excluding hydrogens is 327 g/mol. The average molecular weight is 364 g/mol. The molecule has 27 heavy (non-hydrogen) atoms. The van der Waals surface area contributed by atoms with Gasteiger partial charge in [-0.25, -0.2) is 0 Å². The molecule has 1 fully saturated rings. The van der Waals surface area contributed by atoms with Crippen LogP contribution in [-0.4, -0.2) is 36.7 Å². The van der Waals surface area contributed by atoms with E-state index in [0.717, 1.165) is 0 Å². The van der Waals surface area contributed by atoms with Crippen molar-refractivity contribution in [1.82, 2.24) is 9.88 Å². The number of hydrogen-bond acceptors (Lipinski definition) is 1. The number of para-hydroxylation sites is 1. The fourth-order valence-corrected chi connectivity index (χ4v) is 5.80. The first-order valence-corrected chi connectivity index (χ1v) is 11.1. The smallest absolute Gasteiger partial charge is 0.179 e. The molecule has 0 amide bonds. The second-order valence-electron chi connectivity index (χ2n) is 10.7. The summed E-state index contributed by atoms with van der Waals surface area (Å²) in [5.41, 5.74) is 6.97. The number of fused-ring (bicyclic) bond motifs is 3. The van der Waals surface area contributed by atoms with Gasteiger partial charge in [-0.3, -0.25) is 0 Å². The van der Waals surface area contributed by atoms with Gasteiger partial charge < -0.3 is 9.88 Å². The number of likely N-dealkylation sites (N-methyl/N-ethyl adjacent to an activating group) is 1. The Kier molecular flexibility index (Phi) is 4.74. The van der Waals surface area contributed by atoms with Crippen molar-refractivity contribution in [3.8, 4) is 0 Å². The highest BCUT2D eigenvalue weighted by molar-refractivity contribution is 6.76. The number of rotatable bonds is 3. The number of H-pyrrole nitrogens is 1. The zero-order chi connectivity index (χ0) is 19.4. The molecular formula is C24H37BN2. The Labute approximate surface area is 166 Å². The monoisotopic (exact) mass is 364 g/mol. The van der Waals surface area contributed by atoms with Crippen LogP contribution < -0.4 is 5.46 Å². The molecule has 0 aliphatic carbocycles. The number of nitrogens with one attached hydrogen (secondary N) is 1. The minimum absolute atomic E-state index is 0.400. The van der Waals surface area contributed by atoms with Gasteiger partial charge in [0.2, 0.25) is 0 Å². The van der Waals surface area contributed by atoms with Crippen LogP contribution in [0.3, 0.4) is 0 Å². The predicted octanol–water partition coefficient (Wildman–Crippen LogP) is 5.31. The van der Waals surface area contributed by atoms with Crippen molar-refractivity contribution < 1.29 is 0 Å². The van der Waals surface area contributed by atoms with Crippen LogP contribution in [0.25, 0.3) is 10.9 Å². The van der Waals surface area contributed by atoms with Crippen molar-refractivity contribution in [2.24, 2.45) is 10.8 Å². The third-order valence-corrected chi connectivity index (χ3v) is 8.11. The van der Waals surface area contributed by atoms with Crippen molar-refractivity contribution in [1.29, 1.82) is 0 Å². The van der Waals surface area contributed by atoms with E-state index in [0.29, 0.717) is 23.5 Å². The Morgan fingerprint density at radius 2 is 1.85 bits per heavy atom. The van der Waals surface area contributed by atoms with E-state index >= 15 is 0 Å². The molecule has 0 spiro atoms. The summed E-state index contributed by atoms with van der Waals surface area (Å²) in [4.78, 5) is 6.50. The van der Waals surface area contributed by atoms with E-state index in [2.05, 4.69) is 69.7 Å². The van der Waals surface area contributed by atoms with E-state index in [1.807, 2.05) is 0 Å². The average Bonchev–Trinajstić information content (AvgIpc) is 3.00. The van der Waals surface area contributed by atoms with E-state index in [1.54, 1.807) is 16.7 Å². The zero-order valence-electron chi connectivity index (χ0n) is 18.3. The van der Waals surface area contributed by atoms with E-state index in [9.17, 15) is 0 Å². The molecule has 1 atom stereocenters. The molecule has 0 bridgehead atoms. The van der Waals surface area contributed by atoms with E-state index in [1.165, 1.54) is 55.9 Å². The topological polar surface area (TPSA) is 19.0 Å². The number of benzene rings is 1. The van der Waals surface area contributed by atoms with Crippen molar-refractivity contribution in [2.75, 3.05) is 20.1 Å². The third-order valence-electron chi connectivity index (χ3n) is 8.11. The van der Waals surface area contributed by atoms with Gasteiger partial charge in [-0.15, -0.1) is 0 Å². The predicted molar refractivity (Wildman–Crippen MR) is 120 cm³/mol. The first kappa shape index (κ1) is 19.1. The van der Waals surface area contributed by atoms with Crippen LogP contribution in [-0.2, 0) is 6.42 Å². The van der Waals surface area contributed by atoms with Gasteiger partial charge in [0.25, 0.3) is 0 Å². The van der Waals surface area contributed by atoms with Crippen LogP contribution in [0.1, 0.15) is 64.6 Å². The Hall–Kier alpha value is -1.22. The van der Waals surface area contributed by atoms with Crippen LogP contribution in [0.15, 0.2) is 18.2 Å². The molecule has 0 radical (unpaired) electrons. The van der Waals surface area contributed by atoms with Crippen LogP contribution in [0, 0.1) is 10.8 Å². The maximum absolute atomic E-state index is 3.99. The number of nitrogens with zero attached hydrogens (tertiary/aromatic N) is 1. The number of aromatic nitrogens is 1. The third kappa shape index (κ3) is 3.16. The van der Waals surface area contributed by atoms with Gasteiger partial charge >= 0.3 is 0 Å². The molecule has 1 aromatic carbocycles. The molecule has 2 nitrogen and oxygen atoms in total. The van der Waals surface area contributed by atoms with Gasteiger partial charge in [0.15, 0.2) is 6.71 Å². The summed E-state index contributed by atoms with van der Waals surface area (Å²) in [7, 11) is 2.28. The molecule has 1 unspecified atom stereocenters. The van der Waals surface area contributed by atoms with E-state index in [-0.39, 0.29) is 0 Å². The highest BCUT2D eigenvalue weighted by atomic mass is 15.1. The molecule has 0 saturated carbocycles. The number of hydrogen-bond donors (Lipinski definition) is 1. The Bertz CT molecular complexity index is 816. The second kappa shape index (κ2) is 6.69. The highest BCUT2D eigenvalue weighted by Crippen LogP contribution is 2.53. The molecule has 1 saturated heterocycles. The van der Waals surface area contributed by atoms with Crippen LogP contribution in [0.5, 0.6) is 0 Å². The van der Waals surface area contributed by atoms with Gasteiger partial charge in [0, 0.05) is 35.6 Å². The standard InChI is InChI=1S/C24H37BN2/c1-7-9-17-14-27(6)13-12-19-18-10-8-11-20(22(18)26-21(17)19)25-15-23(2,3)24(4,5)16-25/h8,10-11,17,26H,7,9,12-16H2,1-6H3. The number of aromatic amines is 1. The summed E-state index contributed by atoms with van der Waals surface area (Å²) < 4.78 is 0. The zero-order valence-corrected chi connectivity index (χ0v) is 18.3. The van der Waals surface area contributed by atoms with E-state index in [4.69, 9.17) is 0 Å². The maximum atomic E-state index is 3.99. The minimum Gasteiger partial charge on any atom is -0.358 e. The molecule has 4 rings (SSSR count). The van der Waals surface area contributed by atoms with E-state index < -0.39 is 0 Å². The molecule has 1 N–H and O–H groups in total. The first-order valence-electron chi connectivity index (χ1n) is 11.1. The Morgan fingerprint density at radius 3 is 2.52 bits per heavy atom. The Balaban J connectivity index is 1.80. The fourth-order valence-electron chi connectivity index (χ4n) is 5.80. The largest absolute Gasteiger partial charge is 0.358 e. The van der Waals surface area contributed by atoms with Gasteiger partial charge in [-0.2, -0.15) is 0 Å².